The molecule has 2 atom stereocenters. The van der Waals surface area contributed by atoms with Gasteiger partial charge < -0.3 is 9.47 Å². The van der Waals surface area contributed by atoms with Crippen molar-refractivity contribution in [1.82, 2.24) is 9.55 Å². The molecule has 7 nitrogen and oxygen atoms in total. The third-order valence-corrected chi connectivity index (χ3v) is 4.35. The van der Waals surface area contributed by atoms with Crippen LogP contribution in [0.5, 0.6) is 0 Å². The van der Waals surface area contributed by atoms with Crippen LogP contribution < -0.4 is 11.2 Å². The van der Waals surface area contributed by atoms with Gasteiger partial charge in [-0.15, -0.1) is 11.8 Å². The van der Waals surface area contributed by atoms with Gasteiger partial charge in [-0.1, -0.05) is 18.2 Å². The van der Waals surface area contributed by atoms with Crippen molar-refractivity contribution in [2.24, 2.45) is 0 Å². The minimum Gasteiger partial charge on any atom is -0.458 e. The van der Waals surface area contributed by atoms with Crippen molar-refractivity contribution >= 4 is 17.7 Å². The first-order valence-electron chi connectivity index (χ1n) is 6.94. The number of hydrogen-bond acceptors (Lipinski definition) is 6. The van der Waals surface area contributed by atoms with Crippen molar-refractivity contribution < 1.29 is 14.3 Å². The lowest BCUT2D eigenvalue weighted by atomic mass is 10.2. The number of nitrogens with one attached hydrogen (secondary N) is 1. The Hall–Kier alpha value is -2.32. The average molecular weight is 334 g/mol. The number of esters is 1. The van der Waals surface area contributed by atoms with Crippen LogP contribution in [0.15, 0.2) is 52.2 Å². The smallest absolute Gasteiger partial charge is 0.338 e. The third kappa shape index (κ3) is 3.72. The second kappa shape index (κ2) is 6.84. The van der Waals surface area contributed by atoms with E-state index in [0.717, 1.165) is 0 Å². The lowest BCUT2D eigenvalue weighted by Crippen LogP contribution is -2.32. The van der Waals surface area contributed by atoms with Crippen LogP contribution in [-0.4, -0.2) is 33.3 Å². The van der Waals surface area contributed by atoms with Crippen LogP contribution >= 0.6 is 11.8 Å². The molecule has 0 bridgehead atoms. The van der Waals surface area contributed by atoms with Crippen LogP contribution in [0.2, 0.25) is 0 Å². The molecule has 1 saturated heterocycles. The van der Waals surface area contributed by atoms with Crippen molar-refractivity contribution in [2.75, 3.05) is 12.4 Å². The summed E-state index contributed by atoms with van der Waals surface area (Å²) < 4.78 is 12.2. The summed E-state index contributed by atoms with van der Waals surface area (Å²) in [6.07, 6.45) is 0.898. The Morgan fingerprint density at radius 2 is 2.09 bits per heavy atom. The van der Waals surface area contributed by atoms with Crippen LogP contribution in [-0.2, 0) is 9.47 Å². The number of carbonyl (C=O) groups is 1. The van der Waals surface area contributed by atoms with E-state index >= 15 is 0 Å². The predicted molar refractivity (Wildman–Crippen MR) is 84.4 cm³/mol. The topological polar surface area (TPSA) is 90.4 Å². The Morgan fingerprint density at radius 3 is 2.83 bits per heavy atom. The highest BCUT2D eigenvalue weighted by Crippen LogP contribution is 2.30. The summed E-state index contributed by atoms with van der Waals surface area (Å²) in [4.78, 5) is 36.8. The van der Waals surface area contributed by atoms with Gasteiger partial charge in [0.05, 0.1) is 5.56 Å². The number of H-pyrrole nitrogens is 1. The Labute approximate surface area is 135 Å². The maximum absolute atomic E-state index is 11.9. The van der Waals surface area contributed by atoms with Crippen LogP contribution in [0.4, 0.5) is 0 Å². The van der Waals surface area contributed by atoms with E-state index in [0.29, 0.717) is 11.3 Å². The van der Waals surface area contributed by atoms with Crippen molar-refractivity contribution in [1.29, 1.82) is 0 Å². The van der Waals surface area contributed by atoms with Crippen molar-refractivity contribution in [3.8, 4) is 0 Å². The summed E-state index contributed by atoms with van der Waals surface area (Å²) in [6, 6.07) is 9.95. The Kier molecular flexibility index (Phi) is 4.63. The zero-order valence-corrected chi connectivity index (χ0v) is 12.8. The maximum Gasteiger partial charge on any atom is 0.338 e. The molecule has 2 heterocycles. The molecule has 1 aliphatic heterocycles. The molecule has 0 spiro atoms. The van der Waals surface area contributed by atoms with Gasteiger partial charge in [-0.2, -0.15) is 0 Å². The Morgan fingerprint density at radius 1 is 1.30 bits per heavy atom. The summed E-state index contributed by atoms with van der Waals surface area (Å²) in [5, 5.41) is 0. The summed E-state index contributed by atoms with van der Waals surface area (Å²) >= 11 is 1.44. The van der Waals surface area contributed by atoms with Gasteiger partial charge in [-0.05, 0) is 12.1 Å². The maximum atomic E-state index is 11.9. The second-order valence-electron chi connectivity index (χ2n) is 4.84. The third-order valence-electron chi connectivity index (χ3n) is 3.25. The number of ether oxygens (including phenoxy) is 2. The molecule has 0 saturated carbocycles. The molecule has 8 heteroatoms. The van der Waals surface area contributed by atoms with Crippen LogP contribution in [0.1, 0.15) is 16.6 Å². The van der Waals surface area contributed by atoms with Crippen LogP contribution in [0.25, 0.3) is 0 Å². The molecule has 1 aromatic heterocycles. The van der Waals surface area contributed by atoms with Gasteiger partial charge in [-0.3, -0.25) is 14.3 Å². The number of rotatable bonds is 4. The lowest BCUT2D eigenvalue weighted by Gasteiger charge is -2.14. The molecule has 1 fully saturated rings. The van der Waals surface area contributed by atoms with E-state index in [1.165, 1.54) is 28.6 Å². The van der Waals surface area contributed by atoms with E-state index in [1.54, 1.807) is 24.3 Å². The number of nitrogens with zero attached hydrogens (tertiary/aromatic N) is 1. The normalized spacial score (nSPS) is 20.3. The highest BCUT2D eigenvalue weighted by atomic mass is 32.2. The lowest BCUT2D eigenvalue weighted by molar-refractivity contribution is -0.0178. The van der Waals surface area contributed by atoms with E-state index in [-0.39, 0.29) is 12.0 Å². The van der Waals surface area contributed by atoms with Crippen LogP contribution in [0, 0.1) is 0 Å². The molecule has 2 unspecified atom stereocenters. The fourth-order valence-corrected chi connectivity index (χ4v) is 3.12. The molecule has 2 aromatic rings. The van der Waals surface area contributed by atoms with E-state index in [4.69, 9.17) is 9.47 Å². The number of carbonyl (C=O) groups excluding carboxylic acids is 1. The fraction of sp³-hybridized carbons (Fsp3) is 0.267. The van der Waals surface area contributed by atoms with Gasteiger partial charge in [0.15, 0.2) is 0 Å². The number of thioether (sulfide) groups is 1. The predicted octanol–water partition coefficient (Wildman–Crippen LogP) is 0.982. The van der Waals surface area contributed by atoms with E-state index in [1.807, 2.05) is 6.07 Å². The van der Waals surface area contributed by atoms with Gasteiger partial charge in [-0.25, -0.2) is 9.59 Å². The van der Waals surface area contributed by atoms with Gasteiger partial charge in [0.2, 0.25) is 0 Å². The molecule has 0 aliphatic carbocycles. The minimum atomic E-state index is -0.523. The summed E-state index contributed by atoms with van der Waals surface area (Å²) in [5.41, 5.74) is -0.856. The molecule has 0 radical (unpaired) electrons. The van der Waals surface area contributed by atoms with Crippen molar-refractivity contribution in [3.05, 3.63) is 69.0 Å². The summed E-state index contributed by atoms with van der Waals surface area (Å²) in [7, 11) is 0. The first-order valence-corrected chi connectivity index (χ1v) is 7.99. The van der Waals surface area contributed by atoms with Gasteiger partial charge in [0.25, 0.3) is 5.56 Å². The molecule has 1 aliphatic rings. The Bertz CT molecular complexity index is 801. The Balaban J connectivity index is 1.57. The largest absolute Gasteiger partial charge is 0.458 e. The van der Waals surface area contributed by atoms with E-state index in [2.05, 4.69) is 4.98 Å². The molecular formula is C15H14N2O5S. The molecule has 23 heavy (non-hydrogen) atoms. The minimum absolute atomic E-state index is 0.0903. The first kappa shape index (κ1) is 15.6. The van der Waals surface area contributed by atoms with Crippen LogP contribution in [0.3, 0.4) is 0 Å². The van der Waals surface area contributed by atoms with Crippen molar-refractivity contribution in [3.63, 3.8) is 0 Å². The molecule has 1 aromatic carbocycles. The highest BCUT2D eigenvalue weighted by molar-refractivity contribution is 8.00. The molecule has 3 rings (SSSR count). The number of aromatic nitrogens is 2. The van der Waals surface area contributed by atoms with E-state index < -0.39 is 23.4 Å². The first-order chi connectivity index (χ1) is 11.1. The number of aromatic amines is 1. The summed E-state index contributed by atoms with van der Waals surface area (Å²) in [6.45, 7) is 0.0903. The van der Waals surface area contributed by atoms with Crippen molar-refractivity contribution in [2.45, 2.75) is 11.7 Å². The van der Waals surface area contributed by atoms with E-state index in [9.17, 15) is 14.4 Å². The molecule has 1 N–H and O–H groups in total. The zero-order valence-electron chi connectivity index (χ0n) is 12.0. The number of hydrogen-bond donors (Lipinski definition) is 1. The zero-order chi connectivity index (χ0) is 16.2. The highest BCUT2D eigenvalue weighted by Gasteiger charge is 2.29. The second-order valence-corrected chi connectivity index (χ2v) is 6.03. The quantitative estimate of drug-likeness (QED) is 0.838. The summed E-state index contributed by atoms with van der Waals surface area (Å²) in [5.74, 6) is 0.110. The monoisotopic (exact) mass is 334 g/mol. The van der Waals surface area contributed by atoms with Gasteiger partial charge in [0.1, 0.15) is 18.3 Å². The van der Waals surface area contributed by atoms with Gasteiger partial charge in [0, 0.05) is 18.0 Å². The molecule has 0 amide bonds. The SMILES string of the molecule is O=C(OCC1OC(n2ccc(=O)[nH]c2=O)CS1)c1ccccc1. The molecular weight excluding hydrogens is 320 g/mol. The number of benzene rings is 1. The molecule has 120 valence electrons. The standard InChI is InChI=1S/C15H14N2O5S/c18-11-6-7-17(15(20)16-11)12-9-23-13(22-12)8-21-14(19)10-4-2-1-3-5-10/h1-7,12-13H,8-9H2,(H,16,18,20). The fourth-order valence-electron chi connectivity index (χ4n) is 2.13. The average Bonchev–Trinajstić information content (AvgIpc) is 3.02. The van der Waals surface area contributed by atoms with Gasteiger partial charge >= 0.3 is 11.7 Å².